The van der Waals surface area contributed by atoms with Crippen molar-refractivity contribution < 1.29 is 9.13 Å². The first-order valence-electron chi connectivity index (χ1n) is 7.77. The van der Waals surface area contributed by atoms with Crippen LogP contribution in [0.2, 0.25) is 0 Å². The lowest BCUT2D eigenvalue weighted by molar-refractivity contribution is 0.214. The summed E-state index contributed by atoms with van der Waals surface area (Å²) in [4.78, 5) is 18.5. The number of aromatic nitrogens is 4. The Balaban J connectivity index is 1.51. The van der Waals surface area contributed by atoms with Crippen molar-refractivity contribution in [2.75, 3.05) is 24.6 Å². The maximum absolute atomic E-state index is 12.9. The lowest BCUT2D eigenvalue weighted by Gasteiger charge is -2.31. The summed E-state index contributed by atoms with van der Waals surface area (Å²) in [5.41, 5.74) is 1.93. The average molecular weight is 317 g/mol. The molecule has 0 saturated carbocycles. The van der Waals surface area contributed by atoms with Gasteiger partial charge in [0.1, 0.15) is 6.33 Å². The van der Waals surface area contributed by atoms with Gasteiger partial charge in [0, 0.05) is 24.3 Å². The summed E-state index contributed by atoms with van der Waals surface area (Å²) >= 11 is 0. The number of nitrogens with zero attached hydrogens (tertiary/aromatic N) is 5. The van der Waals surface area contributed by atoms with E-state index >= 15 is 0 Å². The minimum atomic E-state index is -0.410. The fourth-order valence-electron chi connectivity index (χ4n) is 2.63. The van der Waals surface area contributed by atoms with Gasteiger partial charge in [-0.1, -0.05) is 0 Å². The zero-order valence-electron chi connectivity index (χ0n) is 13.4. The van der Waals surface area contributed by atoms with E-state index in [0.717, 1.165) is 37.2 Å². The van der Waals surface area contributed by atoms with E-state index in [1.54, 1.807) is 0 Å². The molecule has 1 fully saturated rings. The predicted octanol–water partition coefficient (Wildman–Crippen LogP) is 2.32. The van der Waals surface area contributed by atoms with Crippen molar-refractivity contribution in [1.29, 1.82) is 0 Å². The van der Waals surface area contributed by atoms with Gasteiger partial charge in [0.2, 0.25) is 11.8 Å². The Morgan fingerprint density at radius 1 is 1.13 bits per heavy atom. The standard InChI is InChI=1S/C16H20FN5O/c1-11-12(2)20-10-21-15(11)23-9-13-3-5-22(6-4-13)16-18-7-14(17)8-19-16/h7-8,10,13H,3-6,9H2,1-2H3. The van der Waals surface area contributed by atoms with E-state index < -0.39 is 5.82 Å². The Kier molecular flexibility index (Phi) is 4.64. The maximum atomic E-state index is 12.9. The molecule has 0 radical (unpaired) electrons. The molecule has 1 saturated heterocycles. The van der Waals surface area contributed by atoms with Crippen LogP contribution in [-0.4, -0.2) is 39.6 Å². The van der Waals surface area contributed by atoms with E-state index in [4.69, 9.17) is 4.74 Å². The van der Waals surface area contributed by atoms with Crippen molar-refractivity contribution in [2.45, 2.75) is 26.7 Å². The lowest BCUT2D eigenvalue weighted by atomic mass is 9.98. The number of ether oxygens (including phenoxy) is 1. The molecule has 0 aromatic carbocycles. The first-order valence-corrected chi connectivity index (χ1v) is 7.77. The summed E-state index contributed by atoms with van der Waals surface area (Å²) in [6, 6.07) is 0. The zero-order chi connectivity index (χ0) is 16.2. The first kappa shape index (κ1) is 15.6. The molecule has 0 atom stereocenters. The molecule has 3 rings (SSSR count). The second-order valence-electron chi connectivity index (χ2n) is 5.83. The van der Waals surface area contributed by atoms with Gasteiger partial charge in [-0.15, -0.1) is 0 Å². The van der Waals surface area contributed by atoms with Gasteiger partial charge in [-0.3, -0.25) is 0 Å². The molecule has 0 amide bonds. The van der Waals surface area contributed by atoms with E-state index in [-0.39, 0.29) is 0 Å². The van der Waals surface area contributed by atoms with Crippen LogP contribution in [0.3, 0.4) is 0 Å². The molecule has 2 aromatic heterocycles. The number of hydrogen-bond acceptors (Lipinski definition) is 6. The molecular weight excluding hydrogens is 297 g/mol. The second-order valence-corrected chi connectivity index (χ2v) is 5.83. The molecule has 7 heteroatoms. The molecule has 23 heavy (non-hydrogen) atoms. The molecule has 3 heterocycles. The number of piperidine rings is 1. The van der Waals surface area contributed by atoms with Crippen molar-refractivity contribution in [3.8, 4) is 5.88 Å². The summed E-state index contributed by atoms with van der Waals surface area (Å²) in [7, 11) is 0. The van der Waals surface area contributed by atoms with Crippen LogP contribution in [0.25, 0.3) is 0 Å². The Morgan fingerprint density at radius 2 is 1.83 bits per heavy atom. The SMILES string of the molecule is Cc1ncnc(OCC2CCN(c3ncc(F)cn3)CC2)c1C. The van der Waals surface area contributed by atoms with Crippen LogP contribution in [0.4, 0.5) is 10.3 Å². The van der Waals surface area contributed by atoms with Crippen LogP contribution in [0.15, 0.2) is 18.7 Å². The summed E-state index contributed by atoms with van der Waals surface area (Å²) in [6.45, 7) is 6.27. The van der Waals surface area contributed by atoms with E-state index in [1.165, 1.54) is 18.7 Å². The van der Waals surface area contributed by atoms with E-state index in [1.807, 2.05) is 13.8 Å². The highest BCUT2D eigenvalue weighted by Gasteiger charge is 2.22. The van der Waals surface area contributed by atoms with Gasteiger partial charge >= 0.3 is 0 Å². The normalized spacial score (nSPS) is 15.7. The molecule has 1 aliphatic rings. The van der Waals surface area contributed by atoms with Crippen LogP contribution in [-0.2, 0) is 0 Å². The molecule has 2 aromatic rings. The predicted molar refractivity (Wildman–Crippen MR) is 83.9 cm³/mol. The van der Waals surface area contributed by atoms with Gasteiger partial charge in [0.15, 0.2) is 5.82 Å². The smallest absolute Gasteiger partial charge is 0.225 e. The van der Waals surface area contributed by atoms with Crippen LogP contribution >= 0.6 is 0 Å². The molecule has 0 bridgehead atoms. The minimum Gasteiger partial charge on any atom is -0.477 e. The number of rotatable bonds is 4. The minimum absolute atomic E-state index is 0.410. The number of anilines is 1. The molecule has 1 aliphatic heterocycles. The highest BCUT2D eigenvalue weighted by Crippen LogP contribution is 2.22. The van der Waals surface area contributed by atoms with Gasteiger partial charge in [0.25, 0.3) is 0 Å². The Bertz CT molecular complexity index is 656. The first-order chi connectivity index (χ1) is 11.1. The molecule has 6 nitrogen and oxygen atoms in total. The van der Waals surface area contributed by atoms with Gasteiger partial charge in [-0.05, 0) is 32.6 Å². The van der Waals surface area contributed by atoms with Crippen molar-refractivity contribution in [2.24, 2.45) is 5.92 Å². The highest BCUT2D eigenvalue weighted by atomic mass is 19.1. The monoisotopic (exact) mass is 317 g/mol. The highest BCUT2D eigenvalue weighted by molar-refractivity contribution is 5.29. The Morgan fingerprint density at radius 3 is 2.52 bits per heavy atom. The molecule has 0 unspecified atom stereocenters. The number of aryl methyl sites for hydroxylation is 1. The fourth-order valence-corrected chi connectivity index (χ4v) is 2.63. The third-order valence-electron chi connectivity index (χ3n) is 4.25. The van der Waals surface area contributed by atoms with E-state index in [2.05, 4.69) is 24.8 Å². The van der Waals surface area contributed by atoms with E-state index in [9.17, 15) is 4.39 Å². The van der Waals surface area contributed by atoms with Gasteiger partial charge in [0.05, 0.1) is 19.0 Å². The fraction of sp³-hybridized carbons (Fsp3) is 0.500. The third kappa shape index (κ3) is 3.72. The van der Waals surface area contributed by atoms with Crippen LogP contribution in [0, 0.1) is 25.6 Å². The average Bonchev–Trinajstić information content (AvgIpc) is 2.57. The van der Waals surface area contributed by atoms with Gasteiger partial charge in [-0.25, -0.2) is 24.3 Å². The molecule has 0 spiro atoms. The molecule has 0 N–H and O–H groups in total. The van der Waals surface area contributed by atoms with Gasteiger partial charge in [-0.2, -0.15) is 0 Å². The Hall–Kier alpha value is -2.31. The molecule has 122 valence electrons. The third-order valence-corrected chi connectivity index (χ3v) is 4.25. The maximum Gasteiger partial charge on any atom is 0.225 e. The summed E-state index contributed by atoms with van der Waals surface area (Å²) in [5.74, 6) is 1.32. The number of hydrogen-bond donors (Lipinski definition) is 0. The van der Waals surface area contributed by atoms with Crippen molar-refractivity contribution in [1.82, 2.24) is 19.9 Å². The van der Waals surface area contributed by atoms with Crippen molar-refractivity contribution in [3.05, 3.63) is 35.8 Å². The van der Waals surface area contributed by atoms with Gasteiger partial charge < -0.3 is 9.64 Å². The second kappa shape index (κ2) is 6.85. The Labute approximate surface area is 134 Å². The molecule has 0 aliphatic carbocycles. The van der Waals surface area contributed by atoms with Crippen molar-refractivity contribution >= 4 is 5.95 Å². The van der Waals surface area contributed by atoms with E-state index in [0.29, 0.717) is 24.4 Å². The largest absolute Gasteiger partial charge is 0.477 e. The van der Waals surface area contributed by atoms with Crippen LogP contribution in [0.5, 0.6) is 5.88 Å². The summed E-state index contributed by atoms with van der Waals surface area (Å²) < 4.78 is 18.7. The quantitative estimate of drug-likeness (QED) is 0.862. The lowest BCUT2D eigenvalue weighted by Crippen LogP contribution is -2.36. The molecular formula is C16H20FN5O. The number of halogens is 1. The zero-order valence-corrected chi connectivity index (χ0v) is 13.4. The van der Waals surface area contributed by atoms with Crippen LogP contribution in [0.1, 0.15) is 24.1 Å². The van der Waals surface area contributed by atoms with Crippen molar-refractivity contribution in [3.63, 3.8) is 0 Å². The summed E-state index contributed by atoms with van der Waals surface area (Å²) in [5, 5.41) is 0. The van der Waals surface area contributed by atoms with Crippen LogP contribution < -0.4 is 9.64 Å². The summed E-state index contributed by atoms with van der Waals surface area (Å²) in [6.07, 6.45) is 5.93. The topological polar surface area (TPSA) is 64.0 Å².